The van der Waals surface area contributed by atoms with Crippen molar-refractivity contribution in [3.05, 3.63) is 0 Å². The molecule has 2 fully saturated rings. The van der Waals surface area contributed by atoms with E-state index in [2.05, 4.69) is 5.32 Å². The van der Waals surface area contributed by atoms with E-state index in [1.54, 1.807) is 0 Å². The Labute approximate surface area is 155 Å². The molecule has 158 valence electrons. The number of nitrogens with one attached hydrogen (secondary N) is 1. The summed E-state index contributed by atoms with van der Waals surface area (Å²) in [5.74, 6) is -0.516. The van der Waals surface area contributed by atoms with Gasteiger partial charge in [0.2, 0.25) is 5.91 Å². The first kappa shape index (κ1) is 22.4. The lowest BCUT2D eigenvalue weighted by Gasteiger charge is -2.44. The van der Waals surface area contributed by atoms with Gasteiger partial charge in [0.05, 0.1) is 13.2 Å². The molecule has 7 N–H and O–H groups in total. The van der Waals surface area contributed by atoms with Gasteiger partial charge in [-0.05, 0) is 0 Å². The van der Waals surface area contributed by atoms with Crippen LogP contribution < -0.4 is 5.32 Å². The quantitative estimate of drug-likeness (QED) is 0.228. The van der Waals surface area contributed by atoms with E-state index in [9.17, 15) is 35.4 Å². The van der Waals surface area contributed by atoms with Gasteiger partial charge in [-0.25, -0.2) is 0 Å². The average molecular weight is 397 g/mol. The third-order valence-electron chi connectivity index (χ3n) is 4.58. The van der Waals surface area contributed by atoms with Gasteiger partial charge < -0.3 is 54.9 Å². The zero-order valence-electron chi connectivity index (χ0n) is 14.9. The van der Waals surface area contributed by atoms with Gasteiger partial charge >= 0.3 is 0 Å². The number of rotatable bonds is 6. The third kappa shape index (κ3) is 4.92. The second kappa shape index (κ2) is 9.52. The van der Waals surface area contributed by atoms with Gasteiger partial charge in [0.15, 0.2) is 12.6 Å². The van der Waals surface area contributed by atoms with Crippen LogP contribution in [-0.2, 0) is 23.7 Å². The minimum atomic E-state index is -1.55. The van der Waals surface area contributed by atoms with Crippen LogP contribution in [0.5, 0.6) is 0 Å². The van der Waals surface area contributed by atoms with Crippen LogP contribution in [-0.4, -0.2) is 118 Å². The van der Waals surface area contributed by atoms with Crippen molar-refractivity contribution < 1.29 is 54.4 Å². The molecule has 2 aliphatic rings. The normalized spacial score (nSPS) is 45.5. The van der Waals surface area contributed by atoms with E-state index in [0.717, 1.165) is 0 Å². The second-order valence-corrected chi connectivity index (χ2v) is 6.52. The first-order chi connectivity index (χ1) is 12.7. The summed E-state index contributed by atoms with van der Waals surface area (Å²) in [4.78, 5) is 11.4. The highest BCUT2D eigenvalue weighted by Gasteiger charge is 2.47. The summed E-state index contributed by atoms with van der Waals surface area (Å²) in [6, 6.07) is -1.16. The molecule has 0 aromatic heterocycles. The van der Waals surface area contributed by atoms with E-state index in [1.807, 2.05) is 0 Å². The summed E-state index contributed by atoms with van der Waals surface area (Å²) in [6.45, 7) is 0.222. The standard InChI is InChI=1S/C15H27NO11/c1-5(18)16-8-11(21)9(19)6(3-17)26-14(8)25-4-7-10(20)12(22)13(23)15(24-2)27-7/h6-15,17,19-23H,3-4H2,1-2H3,(H,16,18)/t6-,7+,8+,9-,10+,11+,12-,13+,14-,15+/m1/s1. The number of ether oxygens (including phenoxy) is 4. The molecule has 27 heavy (non-hydrogen) atoms. The molecule has 0 aromatic rings. The van der Waals surface area contributed by atoms with E-state index >= 15 is 0 Å². The van der Waals surface area contributed by atoms with E-state index in [1.165, 1.54) is 14.0 Å². The molecule has 2 aliphatic heterocycles. The maximum absolute atomic E-state index is 11.4. The van der Waals surface area contributed by atoms with Crippen LogP contribution in [0, 0.1) is 0 Å². The van der Waals surface area contributed by atoms with E-state index < -0.39 is 73.9 Å². The molecule has 1 amide bonds. The molecule has 2 saturated heterocycles. The van der Waals surface area contributed by atoms with Gasteiger partial charge in [-0.3, -0.25) is 4.79 Å². The highest BCUT2D eigenvalue weighted by atomic mass is 16.7. The summed E-state index contributed by atoms with van der Waals surface area (Å²) in [6.07, 6.45) is -12.2. The Kier molecular flexibility index (Phi) is 7.88. The maximum Gasteiger partial charge on any atom is 0.217 e. The fraction of sp³-hybridized carbons (Fsp3) is 0.933. The largest absolute Gasteiger partial charge is 0.394 e. The van der Waals surface area contributed by atoms with Crippen molar-refractivity contribution >= 4 is 5.91 Å². The second-order valence-electron chi connectivity index (χ2n) is 6.52. The number of amides is 1. The first-order valence-electron chi connectivity index (χ1n) is 8.44. The van der Waals surface area contributed by atoms with Crippen LogP contribution in [0.4, 0.5) is 0 Å². The van der Waals surface area contributed by atoms with Gasteiger partial charge in [0.1, 0.15) is 48.8 Å². The molecule has 0 radical (unpaired) electrons. The molecule has 0 aromatic carbocycles. The van der Waals surface area contributed by atoms with Gasteiger partial charge in [-0.1, -0.05) is 0 Å². The Bertz CT molecular complexity index is 492. The van der Waals surface area contributed by atoms with Crippen molar-refractivity contribution in [3.8, 4) is 0 Å². The lowest BCUT2D eigenvalue weighted by molar-refractivity contribution is -0.316. The number of aliphatic hydroxyl groups excluding tert-OH is 6. The lowest BCUT2D eigenvalue weighted by Crippen LogP contribution is -2.65. The minimum absolute atomic E-state index is 0.369. The minimum Gasteiger partial charge on any atom is -0.394 e. The van der Waals surface area contributed by atoms with Gasteiger partial charge in [-0.2, -0.15) is 0 Å². The average Bonchev–Trinajstić information content (AvgIpc) is 2.64. The van der Waals surface area contributed by atoms with Crippen LogP contribution >= 0.6 is 0 Å². The first-order valence-corrected chi connectivity index (χ1v) is 8.44. The molecule has 2 rings (SSSR count). The Morgan fingerprint density at radius 1 is 0.926 bits per heavy atom. The van der Waals surface area contributed by atoms with Gasteiger partial charge in [0.25, 0.3) is 0 Å². The smallest absolute Gasteiger partial charge is 0.217 e. The number of hydrogen-bond donors (Lipinski definition) is 7. The van der Waals surface area contributed by atoms with Crippen molar-refractivity contribution in [1.82, 2.24) is 5.32 Å². The molecule has 10 atom stereocenters. The predicted molar refractivity (Wildman–Crippen MR) is 85.0 cm³/mol. The molecule has 0 spiro atoms. The predicted octanol–water partition coefficient (Wildman–Crippen LogP) is -4.60. The molecule has 12 nitrogen and oxygen atoms in total. The molecule has 0 saturated carbocycles. The number of hydrogen-bond acceptors (Lipinski definition) is 11. The molecular formula is C15H27NO11. The molecule has 0 bridgehead atoms. The zero-order valence-corrected chi connectivity index (χ0v) is 14.9. The summed E-state index contributed by atoms with van der Waals surface area (Å²) >= 11 is 0. The molecule has 0 aliphatic carbocycles. The van der Waals surface area contributed by atoms with Gasteiger partial charge in [0, 0.05) is 14.0 Å². The fourth-order valence-corrected chi connectivity index (χ4v) is 3.05. The lowest BCUT2D eigenvalue weighted by atomic mass is 9.96. The fourth-order valence-electron chi connectivity index (χ4n) is 3.05. The number of carbonyl (C=O) groups is 1. The molecule has 12 heteroatoms. The molecule has 0 unspecified atom stereocenters. The zero-order chi connectivity index (χ0) is 20.3. The van der Waals surface area contributed by atoms with Crippen LogP contribution in [0.2, 0.25) is 0 Å². The summed E-state index contributed by atoms with van der Waals surface area (Å²) in [5, 5.41) is 61.5. The van der Waals surface area contributed by atoms with E-state index in [4.69, 9.17) is 18.9 Å². The highest BCUT2D eigenvalue weighted by Crippen LogP contribution is 2.25. The van der Waals surface area contributed by atoms with Crippen LogP contribution in [0.1, 0.15) is 6.92 Å². The van der Waals surface area contributed by atoms with Crippen molar-refractivity contribution in [2.24, 2.45) is 0 Å². The Morgan fingerprint density at radius 3 is 2.07 bits per heavy atom. The maximum atomic E-state index is 11.4. The van der Waals surface area contributed by atoms with Gasteiger partial charge in [-0.15, -0.1) is 0 Å². The van der Waals surface area contributed by atoms with Crippen molar-refractivity contribution in [2.45, 2.75) is 68.3 Å². The monoisotopic (exact) mass is 397 g/mol. The van der Waals surface area contributed by atoms with Crippen LogP contribution in [0.3, 0.4) is 0 Å². The molecular weight excluding hydrogens is 370 g/mol. The van der Waals surface area contributed by atoms with Crippen LogP contribution in [0.25, 0.3) is 0 Å². The number of aliphatic hydroxyl groups is 6. The highest BCUT2D eigenvalue weighted by molar-refractivity contribution is 5.73. The summed E-state index contributed by atoms with van der Waals surface area (Å²) in [5.41, 5.74) is 0. The third-order valence-corrected chi connectivity index (χ3v) is 4.58. The van der Waals surface area contributed by atoms with Crippen molar-refractivity contribution in [1.29, 1.82) is 0 Å². The van der Waals surface area contributed by atoms with E-state index in [-0.39, 0.29) is 6.61 Å². The molecule has 2 heterocycles. The van der Waals surface area contributed by atoms with Crippen molar-refractivity contribution in [2.75, 3.05) is 20.3 Å². The SMILES string of the molecule is CO[C@H]1O[C@@H](CO[C@@H]2O[C@H](CO)[C@@H](O)[C@@H](O)[C@@H]2NC(C)=O)[C@H](O)[C@@H](O)[C@@H]1O. The summed E-state index contributed by atoms with van der Waals surface area (Å²) < 4.78 is 21.1. The Balaban J connectivity index is 2.07. The Hall–Kier alpha value is -0.930. The van der Waals surface area contributed by atoms with Crippen LogP contribution in [0.15, 0.2) is 0 Å². The number of carbonyl (C=O) groups excluding carboxylic acids is 1. The van der Waals surface area contributed by atoms with Crippen molar-refractivity contribution in [3.63, 3.8) is 0 Å². The summed E-state index contributed by atoms with van der Waals surface area (Å²) in [7, 11) is 1.25. The number of methoxy groups -OCH3 is 1. The van der Waals surface area contributed by atoms with E-state index in [0.29, 0.717) is 0 Å². The Morgan fingerprint density at radius 2 is 1.52 bits per heavy atom. The topological polar surface area (TPSA) is 187 Å².